The van der Waals surface area contributed by atoms with Gasteiger partial charge < -0.3 is 20.0 Å². The van der Waals surface area contributed by atoms with Crippen LogP contribution in [0.4, 0.5) is 22.0 Å². The molecule has 6 rings (SSSR count). The van der Waals surface area contributed by atoms with Crippen LogP contribution >= 0.6 is 0 Å². The minimum absolute atomic E-state index is 0.00395. The Morgan fingerprint density at radius 1 is 1.09 bits per heavy atom. The number of rotatable bonds is 9. The SMILES string of the molecule is CCCCN1C(=O)CN([C@@H](C)c2ccc(-n3cc(F)cn3)nc2)C(=O)C12CCN(c1nc(C)cc(Nc3cc(C)[nH]n3)n1)CC2. The quantitative estimate of drug-likeness (QED) is 0.287. The van der Waals surface area contributed by atoms with E-state index in [0.717, 1.165) is 36.0 Å². The number of piperazine rings is 1. The Labute approximate surface area is 260 Å². The number of halogens is 1. The zero-order valence-corrected chi connectivity index (χ0v) is 26.0. The Balaban J connectivity index is 1.22. The standard InChI is InChI=1S/C31H38FN11O2/c1-5-6-11-42-28(44)19-41(22(4)23-7-8-27(33-16-23)43-18-24(32)17-34-43)29(45)31(42)9-12-40(13-10-31)30-35-20(2)14-25(37-30)36-26-15-21(3)38-39-26/h7-8,14-18,22H,5-6,9-13,19H2,1-4H3,(H2,35,36,37,38,39)/t22-/m0/s1. The molecule has 2 amide bonds. The second-order valence-electron chi connectivity index (χ2n) is 11.8. The van der Waals surface area contributed by atoms with Gasteiger partial charge >= 0.3 is 0 Å². The number of H-pyrrole nitrogens is 1. The van der Waals surface area contributed by atoms with Crippen LogP contribution in [0, 0.1) is 19.7 Å². The van der Waals surface area contributed by atoms with Crippen molar-refractivity contribution in [2.45, 2.75) is 65.0 Å². The second-order valence-corrected chi connectivity index (χ2v) is 11.8. The number of aromatic amines is 1. The summed E-state index contributed by atoms with van der Waals surface area (Å²) in [6, 6.07) is 6.95. The van der Waals surface area contributed by atoms with Crippen molar-refractivity contribution >= 4 is 29.4 Å². The Kier molecular flexibility index (Phi) is 8.21. The zero-order chi connectivity index (χ0) is 31.7. The molecule has 6 heterocycles. The molecule has 0 radical (unpaired) electrons. The van der Waals surface area contributed by atoms with Crippen molar-refractivity contribution in [2.75, 3.05) is 36.4 Å². The topological polar surface area (TPSA) is 141 Å². The van der Waals surface area contributed by atoms with Crippen LogP contribution in [0.25, 0.3) is 5.82 Å². The molecule has 14 heteroatoms. The Morgan fingerprint density at radius 3 is 2.53 bits per heavy atom. The van der Waals surface area contributed by atoms with Gasteiger partial charge in [-0.05, 0) is 51.7 Å². The minimum Gasteiger partial charge on any atom is -0.341 e. The average Bonchev–Trinajstić information content (AvgIpc) is 3.66. The van der Waals surface area contributed by atoms with Crippen LogP contribution in [0.15, 0.2) is 42.9 Å². The van der Waals surface area contributed by atoms with E-state index in [1.807, 2.05) is 43.9 Å². The van der Waals surface area contributed by atoms with Crippen LogP contribution in [0.1, 0.15) is 62.5 Å². The van der Waals surface area contributed by atoms with Gasteiger partial charge in [-0.15, -0.1) is 0 Å². The summed E-state index contributed by atoms with van der Waals surface area (Å²) in [6.07, 6.45) is 6.69. The number of piperidine rings is 1. The minimum atomic E-state index is -0.952. The number of aromatic nitrogens is 7. The maximum absolute atomic E-state index is 14.5. The number of carbonyl (C=O) groups excluding carboxylic acids is 2. The van der Waals surface area contributed by atoms with Gasteiger partial charge in [0.15, 0.2) is 17.5 Å². The molecule has 4 aromatic rings. The summed E-state index contributed by atoms with van der Waals surface area (Å²) >= 11 is 0. The second kappa shape index (κ2) is 12.3. The Bertz CT molecular complexity index is 1680. The number of nitrogens with zero attached hydrogens (tertiary/aromatic N) is 9. The number of hydrogen-bond donors (Lipinski definition) is 2. The van der Waals surface area contributed by atoms with Gasteiger partial charge in [0.05, 0.1) is 18.4 Å². The number of unbranched alkanes of at least 4 members (excludes halogenated alkanes) is 1. The number of carbonyl (C=O) groups is 2. The number of aryl methyl sites for hydroxylation is 2. The summed E-state index contributed by atoms with van der Waals surface area (Å²) in [5.74, 6) is 1.78. The van der Waals surface area contributed by atoms with Crippen LogP contribution in [0.5, 0.6) is 0 Å². The molecule has 0 unspecified atom stereocenters. The first-order valence-electron chi connectivity index (χ1n) is 15.3. The lowest BCUT2D eigenvalue weighted by Gasteiger charge is -2.53. The lowest BCUT2D eigenvalue weighted by molar-refractivity contribution is -0.169. The lowest BCUT2D eigenvalue weighted by atomic mass is 9.81. The van der Waals surface area contributed by atoms with E-state index in [-0.39, 0.29) is 24.4 Å². The van der Waals surface area contributed by atoms with Crippen molar-refractivity contribution in [3.8, 4) is 5.82 Å². The maximum atomic E-state index is 14.5. The molecule has 0 aliphatic carbocycles. The van der Waals surface area contributed by atoms with Crippen molar-refractivity contribution in [2.24, 2.45) is 0 Å². The molecule has 0 saturated carbocycles. The van der Waals surface area contributed by atoms with Gasteiger partial charge in [-0.3, -0.25) is 14.7 Å². The predicted molar refractivity (Wildman–Crippen MR) is 166 cm³/mol. The van der Waals surface area contributed by atoms with Gasteiger partial charge in [0, 0.05) is 49.4 Å². The van der Waals surface area contributed by atoms with Crippen LogP contribution in [-0.2, 0) is 9.59 Å². The summed E-state index contributed by atoms with van der Waals surface area (Å²) in [7, 11) is 0. The van der Waals surface area contributed by atoms with E-state index in [1.165, 1.54) is 10.9 Å². The molecule has 2 aliphatic rings. The fourth-order valence-electron chi connectivity index (χ4n) is 6.21. The van der Waals surface area contributed by atoms with Crippen LogP contribution in [0.2, 0.25) is 0 Å². The molecule has 4 aromatic heterocycles. The molecule has 1 spiro atoms. The van der Waals surface area contributed by atoms with E-state index in [1.54, 1.807) is 17.2 Å². The third-order valence-corrected chi connectivity index (χ3v) is 8.70. The number of amides is 2. The molecule has 0 bridgehead atoms. The lowest BCUT2D eigenvalue weighted by Crippen LogP contribution is -2.71. The molecule has 2 fully saturated rings. The summed E-state index contributed by atoms with van der Waals surface area (Å²) in [5, 5.41) is 14.4. The van der Waals surface area contributed by atoms with Gasteiger partial charge in [0.2, 0.25) is 17.8 Å². The van der Waals surface area contributed by atoms with Crippen molar-refractivity contribution in [3.63, 3.8) is 0 Å². The molecule has 236 valence electrons. The van der Waals surface area contributed by atoms with Gasteiger partial charge in [-0.25, -0.2) is 19.0 Å². The normalized spacial score (nSPS) is 17.3. The molecule has 2 N–H and O–H groups in total. The number of nitrogens with one attached hydrogen (secondary N) is 2. The smallest absolute Gasteiger partial charge is 0.249 e. The Morgan fingerprint density at radius 2 is 1.89 bits per heavy atom. The predicted octanol–water partition coefficient (Wildman–Crippen LogP) is 3.85. The molecule has 13 nitrogen and oxygen atoms in total. The van der Waals surface area contributed by atoms with E-state index in [0.29, 0.717) is 55.9 Å². The molecular weight excluding hydrogens is 577 g/mol. The first-order valence-corrected chi connectivity index (χ1v) is 15.3. The first-order chi connectivity index (χ1) is 21.7. The van der Waals surface area contributed by atoms with E-state index in [4.69, 9.17) is 9.97 Å². The van der Waals surface area contributed by atoms with E-state index >= 15 is 0 Å². The summed E-state index contributed by atoms with van der Waals surface area (Å²) in [6.45, 7) is 9.43. The fraction of sp³-hybridized carbons (Fsp3) is 0.452. The molecule has 2 aliphatic heterocycles. The van der Waals surface area contributed by atoms with Crippen molar-refractivity contribution in [1.29, 1.82) is 0 Å². The number of hydrogen-bond acceptors (Lipinski definition) is 9. The monoisotopic (exact) mass is 615 g/mol. The highest BCUT2D eigenvalue weighted by Crippen LogP contribution is 2.38. The summed E-state index contributed by atoms with van der Waals surface area (Å²) < 4.78 is 14.8. The van der Waals surface area contributed by atoms with E-state index < -0.39 is 11.4 Å². The first kappa shape index (κ1) is 30.2. The van der Waals surface area contributed by atoms with Gasteiger partial charge in [-0.2, -0.15) is 15.2 Å². The highest BCUT2D eigenvalue weighted by Gasteiger charge is 2.54. The molecule has 1 atom stereocenters. The largest absolute Gasteiger partial charge is 0.341 e. The molecule has 2 saturated heterocycles. The van der Waals surface area contributed by atoms with Crippen molar-refractivity contribution < 1.29 is 14.0 Å². The fourth-order valence-corrected chi connectivity index (χ4v) is 6.21. The number of anilines is 3. The van der Waals surface area contributed by atoms with Crippen LogP contribution in [0.3, 0.4) is 0 Å². The average molecular weight is 616 g/mol. The summed E-state index contributed by atoms with van der Waals surface area (Å²) in [5.41, 5.74) is 1.57. The third kappa shape index (κ3) is 5.96. The highest BCUT2D eigenvalue weighted by molar-refractivity contribution is 5.98. The zero-order valence-electron chi connectivity index (χ0n) is 26.0. The molecule has 0 aromatic carbocycles. The highest BCUT2D eigenvalue weighted by atomic mass is 19.1. The molecule has 45 heavy (non-hydrogen) atoms. The Hall–Kier alpha value is -4.88. The third-order valence-electron chi connectivity index (χ3n) is 8.70. The summed E-state index contributed by atoms with van der Waals surface area (Å²) in [4.78, 5) is 47.7. The van der Waals surface area contributed by atoms with Crippen LogP contribution in [-0.4, -0.2) is 88.3 Å². The van der Waals surface area contributed by atoms with Crippen LogP contribution < -0.4 is 10.2 Å². The van der Waals surface area contributed by atoms with Gasteiger partial charge in [0.25, 0.3) is 0 Å². The maximum Gasteiger partial charge on any atom is 0.249 e. The van der Waals surface area contributed by atoms with Gasteiger partial charge in [0.1, 0.15) is 17.9 Å². The van der Waals surface area contributed by atoms with Crippen molar-refractivity contribution in [1.82, 2.24) is 44.7 Å². The molecular formula is C31H38FN11O2. The van der Waals surface area contributed by atoms with E-state index in [9.17, 15) is 14.0 Å². The van der Waals surface area contributed by atoms with Gasteiger partial charge in [-0.1, -0.05) is 19.4 Å². The number of pyridine rings is 1. The van der Waals surface area contributed by atoms with Crippen molar-refractivity contribution in [3.05, 3.63) is 65.6 Å². The van der Waals surface area contributed by atoms with E-state index in [2.05, 4.69) is 37.4 Å².